The minimum atomic E-state index is -0.125. The second kappa shape index (κ2) is 6.39. The molecule has 1 aromatic heterocycles. The Morgan fingerprint density at radius 3 is 2.86 bits per heavy atom. The number of hydrogen-bond acceptors (Lipinski definition) is 5. The molecule has 2 saturated heterocycles. The van der Waals surface area contributed by atoms with E-state index < -0.39 is 0 Å². The lowest BCUT2D eigenvalue weighted by Gasteiger charge is -2.27. The molecule has 1 aromatic rings. The van der Waals surface area contributed by atoms with Gasteiger partial charge in [0.15, 0.2) is 0 Å². The van der Waals surface area contributed by atoms with Crippen LogP contribution in [0.25, 0.3) is 0 Å². The van der Waals surface area contributed by atoms with Crippen molar-refractivity contribution in [3.8, 4) is 0 Å². The summed E-state index contributed by atoms with van der Waals surface area (Å²) in [5.74, 6) is 1.29. The third-order valence-electron chi connectivity index (χ3n) is 4.48. The molecule has 0 aliphatic carbocycles. The molecule has 114 valence electrons. The highest BCUT2D eigenvalue weighted by molar-refractivity contribution is 5.85. The van der Waals surface area contributed by atoms with Gasteiger partial charge in [0.1, 0.15) is 6.04 Å². The van der Waals surface area contributed by atoms with Crippen molar-refractivity contribution in [3.63, 3.8) is 0 Å². The molecule has 1 N–H and O–H groups in total. The molecule has 21 heavy (non-hydrogen) atoms. The van der Waals surface area contributed by atoms with Gasteiger partial charge in [-0.15, -0.1) is 0 Å². The van der Waals surface area contributed by atoms with E-state index in [0.29, 0.717) is 11.9 Å². The number of carbonyl (C=O) groups excluding carboxylic acids is 1. The second-order valence-electron chi connectivity index (χ2n) is 5.85. The minimum Gasteiger partial charge on any atom is -0.396 e. The number of aromatic nitrogens is 2. The zero-order chi connectivity index (χ0) is 14.7. The summed E-state index contributed by atoms with van der Waals surface area (Å²) in [6.45, 7) is 2.64. The Bertz CT molecular complexity index is 482. The minimum absolute atomic E-state index is 0.125. The molecule has 0 bridgehead atoms. The number of aliphatic hydroxyl groups excluding tert-OH is 1. The topological polar surface area (TPSA) is 69.6 Å². The average molecular weight is 290 g/mol. The van der Waals surface area contributed by atoms with Crippen molar-refractivity contribution in [3.05, 3.63) is 18.5 Å². The fraction of sp³-hybridized carbons (Fsp3) is 0.667. The summed E-state index contributed by atoms with van der Waals surface area (Å²) in [6, 6.07) is 1.66. The number of hydrogen-bond donors (Lipinski definition) is 1. The maximum atomic E-state index is 12.7. The van der Waals surface area contributed by atoms with E-state index >= 15 is 0 Å². The molecule has 0 aromatic carbocycles. The van der Waals surface area contributed by atoms with Crippen molar-refractivity contribution >= 4 is 11.9 Å². The first-order valence-electron chi connectivity index (χ1n) is 7.73. The molecular formula is C15H22N4O2. The number of rotatable bonds is 4. The van der Waals surface area contributed by atoms with Crippen molar-refractivity contribution in [2.75, 3.05) is 31.1 Å². The molecule has 6 heteroatoms. The Hall–Kier alpha value is -1.69. The molecule has 3 heterocycles. The van der Waals surface area contributed by atoms with Crippen LogP contribution < -0.4 is 4.90 Å². The van der Waals surface area contributed by atoms with Gasteiger partial charge in [-0.25, -0.2) is 9.97 Å². The van der Waals surface area contributed by atoms with Crippen LogP contribution in [0.5, 0.6) is 0 Å². The Labute approximate surface area is 124 Å². The van der Waals surface area contributed by atoms with Gasteiger partial charge in [0, 0.05) is 38.6 Å². The lowest BCUT2D eigenvalue weighted by molar-refractivity contribution is -0.131. The quantitative estimate of drug-likeness (QED) is 0.883. The molecule has 2 unspecified atom stereocenters. The van der Waals surface area contributed by atoms with E-state index in [4.69, 9.17) is 5.11 Å². The van der Waals surface area contributed by atoms with Gasteiger partial charge in [0.25, 0.3) is 0 Å². The van der Waals surface area contributed by atoms with Gasteiger partial charge in [0.05, 0.1) is 0 Å². The first kappa shape index (κ1) is 14.3. The predicted octanol–water partition coefficient (Wildman–Crippen LogP) is 0.676. The number of carbonyl (C=O) groups is 1. The van der Waals surface area contributed by atoms with E-state index in [-0.39, 0.29) is 18.6 Å². The van der Waals surface area contributed by atoms with Crippen LogP contribution in [0.3, 0.4) is 0 Å². The van der Waals surface area contributed by atoms with Gasteiger partial charge in [-0.1, -0.05) is 0 Å². The molecule has 3 rings (SSSR count). The Balaban J connectivity index is 1.67. The van der Waals surface area contributed by atoms with Gasteiger partial charge in [0.2, 0.25) is 11.9 Å². The molecule has 6 nitrogen and oxygen atoms in total. The lowest BCUT2D eigenvalue weighted by atomic mass is 10.1. The molecule has 2 aliphatic rings. The largest absolute Gasteiger partial charge is 0.396 e. The summed E-state index contributed by atoms with van der Waals surface area (Å²) in [5, 5.41) is 9.03. The van der Waals surface area contributed by atoms with Crippen LogP contribution in [0.4, 0.5) is 5.95 Å². The molecule has 0 radical (unpaired) electrons. The van der Waals surface area contributed by atoms with Crippen molar-refractivity contribution in [2.45, 2.75) is 31.7 Å². The molecule has 2 atom stereocenters. The smallest absolute Gasteiger partial charge is 0.245 e. The molecule has 2 fully saturated rings. The molecule has 0 saturated carbocycles. The number of amides is 1. The standard InChI is InChI=1S/C15H22N4O2/c20-10-5-12-4-9-18(11-12)14(21)13-3-1-8-19(13)15-16-6-2-7-17-15/h2,6-7,12-13,20H,1,3-5,8-11H2. The van der Waals surface area contributed by atoms with Crippen LogP contribution in [-0.4, -0.2) is 58.2 Å². The maximum Gasteiger partial charge on any atom is 0.245 e. The third-order valence-corrected chi connectivity index (χ3v) is 4.48. The molecule has 1 amide bonds. The Morgan fingerprint density at radius 1 is 1.29 bits per heavy atom. The highest BCUT2D eigenvalue weighted by Crippen LogP contribution is 2.26. The van der Waals surface area contributed by atoms with E-state index in [1.165, 1.54) is 0 Å². The van der Waals surface area contributed by atoms with Crippen molar-refractivity contribution in [2.24, 2.45) is 5.92 Å². The first-order valence-corrected chi connectivity index (χ1v) is 7.73. The van der Waals surface area contributed by atoms with Crippen molar-refractivity contribution in [1.82, 2.24) is 14.9 Å². The predicted molar refractivity (Wildman–Crippen MR) is 78.8 cm³/mol. The summed E-state index contributed by atoms with van der Waals surface area (Å²) < 4.78 is 0. The number of aliphatic hydroxyl groups is 1. The van der Waals surface area contributed by atoms with Crippen molar-refractivity contribution < 1.29 is 9.90 Å². The van der Waals surface area contributed by atoms with Crippen LogP contribution in [0.15, 0.2) is 18.5 Å². The van der Waals surface area contributed by atoms with Gasteiger partial charge in [-0.2, -0.15) is 0 Å². The van der Waals surface area contributed by atoms with Crippen molar-refractivity contribution in [1.29, 1.82) is 0 Å². The summed E-state index contributed by atoms with van der Waals surface area (Å²) >= 11 is 0. The van der Waals surface area contributed by atoms with Crippen LogP contribution in [0.1, 0.15) is 25.7 Å². The highest BCUT2D eigenvalue weighted by Gasteiger charge is 2.37. The van der Waals surface area contributed by atoms with E-state index in [1.54, 1.807) is 18.5 Å². The highest BCUT2D eigenvalue weighted by atomic mass is 16.3. The fourth-order valence-corrected chi connectivity index (χ4v) is 3.36. The summed E-state index contributed by atoms with van der Waals surface area (Å²) in [4.78, 5) is 25.3. The average Bonchev–Trinajstić information content (AvgIpc) is 3.17. The van der Waals surface area contributed by atoms with Crippen LogP contribution in [0, 0.1) is 5.92 Å². The summed E-state index contributed by atoms with van der Waals surface area (Å²) in [7, 11) is 0. The molecular weight excluding hydrogens is 268 g/mol. The normalized spacial score (nSPS) is 25.6. The van der Waals surface area contributed by atoms with Gasteiger partial charge in [-0.05, 0) is 37.7 Å². The number of likely N-dealkylation sites (tertiary alicyclic amines) is 1. The van der Waals surface area contributed by atoms with E-state index in [1.807, 2.05) is 9.80 Å². The second-order valence-corrected chi connectivity index (χ2v) is 5.85. The Kier molecular flexibility index (Phi) is 4.34. The number of anilines is 1. The Morgan fingerprint density at radius 2 is 2.10 bits per heavy atom. The van der Waals surface area contributed by atoms with Gasteiger partial charge in [-0.3, -0.25) is 4.79 Å². The number of nitrogens with zero attached hydrogens (tertiary/aromatic N) is 4. The SMILES string of the molecule is O=C(C1CCCN1c1ncccn1)N1CCC(CCO)C1. The summed E-state index contributed by atoms with van der Waals surface area (Å²) in [5.41, 5.74) is 0. The van der Waals surface area contributed by atoms with E-state index in [0.717, 1.165) is 45.3 Å². The monoisotopic (exact) mass is 290 g/mol. The zero-order valence-electron chi connectivity index (χ0n) is 12.2. The summed E-state index contributed by atoms with van der Waals surface area (Å²) in [6.07, 6.45) is 7.10. The van der Waals surface area contributed by atoms with Crippen LogP contribution >= 0.6 is 0 Å². The van der Waals surface area contributed by atoms with E-state index in [9.17, 15) is 4.79 Å². The zero-order valence-corrected chi connectivity index (χ0v) is 12.2. The fourth-order valence-electron chi connectivity index (χ4n) is 3.36. The van der Waals surface area contributed by atoms with Crippen LogP contribution in [0.2, 0.25) is 0 Å². The molecule has 2 aliphatic heterocycles. The lowest BCUT2D eigenvalue weighted by Crippen LogP contribution is -2.45. The first-order chi connectivity index (χ1) is 10.3. The van der Waals surface area contributed by atoms with E-state index in [2.05, 4.69) is 9.97 Å². The third kappa shape index (κ3) is 3.00. The van der Waals surface area contributed by atoms with Gasteiger partial charge >= 0.3 is 0 Å². The van der Waals surface area contributed by atoms with Crippen LogP contribution in [-0.2, 0) is 4.79 Å². The van der Waals surface area contributed by atoms with Gasteiger partial charge < -0.3 is 14.9 Å². The maximum absolute atomic E-state index is 12.7. The molecule has 0 spiro atoms.